The van der Waals surface area contributed by atoms with Crippen LogP contribution < -0.4 is 9.47 Å². The van der Waals surface area contributed by atoms with Crippen molar-refractivity contribution in [3.05, 3.63) is 63.5 Å². The van der Waals surface area contributed by atoms with Gasteiger partial charge in [0, 0.05) is 17.5 Å². The van der Waals surface area contributed by atoms with E-state index in [1.54, 1.807) is 24.3 Å². The Hall–Kier alpha value is -3.10. The van der Waals surface area contributed by atoms with Crippen LogP contribution >= 0.6 is 23.4 Å². The summed E-state index contributed by atoms with van der Waals surface area (Å²) in [6.45, 7) is 0.910. The number of rotatable bonds is 6. The average Bonchev–Trinajstić information content (AvgIpc) is 2.96. The molecule has 0 N–H and O–H groups in total. The van der Waals surface area contributed by atoms with Crippen LogP contribution in [0, 0.1) is 0 Å². The van der Waals surface area contributed by atoms with Gasteiger partial charge in [0.1, 0.15) is 0 Å². The molecule has 0 bridgehead atoms. The maximum Gasteiger partial charge on any atom is 0.308 e. The number of hydrogen-bond acceptors (Lipinski definition) is 7. The molecule has 9 heteroatoms. The van der Waals surface area contributed by atoms with Crippen LogP contribution in [0.25, 0.3) is 6.08 Å². The van der Waals surface area contributed by atoms with Gasteiger partial charge in [0.25, 0.3) is 11.1 Å². The Morgan fingerprint density at radius 1 is 1.10 bits per heavy atom. The second kappa shape index (κ2) is 9.15. The smallest absolute Gasteiger partial charge is 0.308 e. The summed E-state index contributed by atoms with van der Waals surface area (Å²) >= 11 is 6.55. The van der Waals surface area contributed by atoms with E-state index in [9.17, 15) is 19.2 Å². The number of imide groups is 1. The van der Waals surface area contributed by atoms with Gasteiger partial charge in [-0.15, -0.1) is 0 Å². The molecule has 30 heavy (non-hydrogen) atoms. The van der Waals surface area contributed by atoms with Crippen molar-refractivity contribution >= 4 is 52.3 Å². The predicted octanol–water partition coefficient (Wildman–Crippen LogP) is 4.19. The van der Waals surface area contributed by atoms with E-state index in [2.05, 4.69) is 0 Å². The van der Waals surface area contributed by atoms with E-state index in [4.69, 9.17) is 21.1 Å². The van der Waals surface area contributed by atoms with Crippen molar-refractivity contribution in [1.82, 2.24) is 4.90 Å². The van der Waals surface area contributed by atoms with Gasteiger partial charge in [0.05, 0.1) is 18.6 Å². The van der Waals surface area contributed by atoms with Gasteiger partial charge in [-0.25, -0.2) is 0 Å². The van der Waals surface area contributed by atoms with E-state index in [-0.39, 0.29) is 23.0 Å². The molecule has 1 heterocycles. The Bertz CT molecular complexity index is 1060. The van der Waals surface area contributed by atoms with Gasteiger partial charge >= 0.3 is 5.97 Å². The van der Waals surface area contributed by atoms with Crippen molar-refractivity contribution in [1.29, 1.82) is 0 Å². The van der Waals surface area contributed by atoms with E-state index in [1.165, 1.54) is 38.3 Å². The second-order valence-corrected chi connectivity index (χ2v) is 7.63. The normalized spacial score (nSPS) is 14.9. The number of amides is 2. The van der Waals surface area contributed by atoms with Crippen LogP contribution in [0.5, 0.6) is 11.5 Å². The highest BCUT2D eigenvalue weighted by Gasteiger charge is 2.36. The van der Waals surface area contributed by atoms with Gasteiger partial charge in [-0.1, -0.05) is 17.7 Å². The number of Topliss-reactive ketones (excluding diaryl/α,β-unsaturated/α-hetero) is 1. The quantitative estimate of drug-likeness (QED) is 0.285. The molecule has 1 aliphatic heterocycles. The highest BCUT2D eigenvalue weighted by molar-refractivity contribution is 8.18. The summed E-state index contributed by atoms with van der Waals surface area (Å²) in [5, 5.41) is -0.0483. The number of hydrogen-bond donors (Lipinski definition) is 0. The van der Waals surface area contributed by atoms with E-state index in [0.717, 1.165) is 16.7 Å². The Labute approximate surface area is 181 Å². The molecule has 0 unspecified atom stereocenters. The highest BCUT2D eigenvalue weighted by Crippen LogP contribution is 2.34. The molecule has 1 saturated heterocycles. The molecule has 0 aliphatic carbocycles. The lowest BCUT2D eigenvalue weighted by atomic mass is 10.1. The fraction of sp³-hybridized carbons (Fsp3) is 0.143. The predicted molar refractivity (Wildman–Crippen MR) is 113 cm³/mol. The standard InChI is InChI=1S/C21H16ClNO6S/c1-12(24)29-17-8-3-13(9-18(17)28-2)10-19-20(26)23(21(27)30-19)11-16(25)14-4-6-15(22)7-5-14/h3-10H,11H2,1-2H3/b19-10-. The van der Waals surface area contributed by atoms with Crippen LogP contribution in [-0.2, 0) is 9.59 Å². The first kappa shape index (κ1) is 21.6. The molecule has 0 spiro atoms. The first-order valence-corrected chi connectivity index (χ1v) is 9.88. The molecule has 2 aromatic rings. The Morgan fingerprint density at radius 3 is 2.43 bits per heavy atom. The van der Waals surface area contributed by atoms with Crippen LogP contribution in [-0.4, -0.2) is 41.5 Å². The van der Waals surface area contributed by atoms with Crippen LogP contribution in [0.3, 0.4) is 0 Å². The van der Waals surface area contributed by atoms with Crippen molar-refractivity contribution < 1.29 is 28.7 Å². The largest absolute Gasteiger partial charge is 0.493 e. The molecule has 2 amide bonds. The third kappa shape index (κ3) is 4.90. The van der Waals surface area contributed by atoms with E-state index in [1.807, 2.05) is 0 Å². The minimum absolute atomic E-state index is 0.172. The number of ether oxygens (including phenoxy) is 2. The summed E-state index contributed by atoms with van der Waals surface area (Å²) in [7, 11) is 1.42. The zero-order chi connectivity index (χ0) is 21.8. The lowest BCUT2D eigenvalue weighted by Crippen LogP contribution is -2.33. The maximum absolute atomic E-state index is 12.7. The number of benzene rings is 2. The number of halogens is 1. The Kier molecular flexibility index (Phi) is 6.59. The first-order valence-electron chi connectivity index (χ1n) is 8.69. The summed E-state index contributed by atoms with van der Waals surface area (Å²) in [5.41, 5.74) is 0.922. The van der Waals surface area contributed by atoms with Gasteiger partial charge < -0.3 is 9.47 Å². The highest BCUT2D eigenvalue weighted by atomic mass is 35.5. The molecule has 0 atom stereocenters. The third-order valence-corrected chi connectivity index (χ3v) is 5.24. The van der Waals surface area contributed by atoms with Gasteiger partial charge in [-0.3, -0.25) is 24.1 Å². The maximum atomic E-state index is 12.7. The number of carbonyl (C=O) groups excluding carboxylic acids is 4. The Morgan fingerprint density at radius 2 is 1.80 bits per heavy atom. The first-order chi connectivity index (χ1) is 14.3. The second-order valence-electron chi connectivity index (χ2n) is 6.20. The van der Waals surface area contributed by atoms with E-state index < -0.39 is 17.1 Å². The summed E-state index contributed by atoms with van der Waals surface area (Å²) in [4.78, 5) is 49.6. The van der Waals surface area contributed by atoms with Crippen molar-refractivity contribution in [2.24, 2.45) is 0 Å². The van der Waals surface area contributed by atoms with Gasteiger partial charge in [0.2, 0.25) is 0 Å². The minimum atomic E-state index is -0.560. The fourth-order valence-corrected chi connectivity index (χ4v) is 3.64. The number of esters is 1. The number of ketones is 1. The fourth-order valence-electron chi connectivity index (χ4n) is 2.67. The molecule has 7 nitrogen and oxygen atoms in total. The molecule has 3 rings (SSSR count). The summed E-state index contributed by atoms with van der Waals surface area (Å²) < 4.78 is 10.2. The molecule has 0 aromatic heterocycles. The van der Waals surface area contributed by atoms with Gasteiger partial charge in [0.15, 0.2) is 17.3 Å². The number of nitrogens with zero attached hydrogens (tertiary/aromatic N) is 1. The van der Waals surface area contributed by atoms with Crippen LogP contribution in [0.4, 0.5) is 4.79 Å². The summed E-state index contributed by atoms with van der Waals surface area (Å²) in [5.74, 6) is -0.884. The van der Waals surface area contributed by atoms with Gasteiger partial charge in [-0.2, -0.15) is 0 Å². The Balaban J connectivity index is 1.78. The molecule has 154 valence electrons. The molecule has 1 fully saturated rings. The zero-order valence-electron chi connectivity index (χ0n) is 16.0. The lowest BCUT2D eigenvalue weighted by Gasteiger charge is -2.11. The zero-order valence-corrected chi connectivity index (χ0v) is 17.6. The molecular formula is C21H16ClNO6S. The topological polar surface area (TPSA) is 90.0 Å². The number of methoxy groups -OCH3 is 1. The summed E-state index contributed by atoms with van der Waals surface area (Å²) in [6, 6.07) is 10.9. The molecule has 1 aliphatic rings. The third-order valence-electron chi connectivity index (χ3n) is 4.08. The number of thioether (sulfide) groups is 1. The number of carbonyl (C=O) groups is 4. The lowest BCUT2D eigenvalue weighted by molar-refractivity contribution is -0.132. The molecule has 0 saturated carbocycles. The van der Waals surface area contributed by atoms with E-state index in [0.29, 0.717) is 21.9 Å². The molecule has 2 aromatic carbocycles. The van der Waals surface area contributed by atoms with Crippen molar-refractivity contribution in [2.45, 2.75) is 6.92 Å². The average molecular weight is 446 g/mol. The summed E-state index contributed by atoms with van der Waals surface area (Å²) in [6.07, 6.45) is 1.51. The van der Waals surface area contributed by atoms with E-state index >= 15 is 0 Å². The SMILES string of the molecule is COc1cc(/C=C2\SC(=O)N(CC(=O)c3ccc(Cl)cc3)C2=O)ccc1OC(C)=O. The molecular weight excluding hydrogens is 430 g/mol. The van der Waals surface area contributed by atoms with Crippen molar-refractivity contribution in [3.63, 3.8) is 0 Å². The monoisotopic (exact) mass is 445 g/mol. The van der Waals surface area contributed by atoms with Crippen molar-refractivity contribution in [3.8, 4) is 11.5 Å². The van der Waals surface area contributed by atoms with Crippen molar-refractivity contribution in [2.75, 3.05) is 13.7 Å². The molecule has 0 radical (unpaired) electrons. The van der Waals surface area contributed by atoms with Crippen LogP contribution in [0.15, 0.2) is 47.4 Å². The van der Waals surface area contributed by atoms with Crippen LogP contribution in [0.1, 0.15) is 22.8 Å². The van der Waals surface area contributed by atoms with Crippen LogP contribution in [0.2, 0.25) is 5.02 Å². The minimum Gasteiger partial charge on any atom is -0.493 e. The van der Waals surface area contributed by atoms with Gasteiger partial charge in [-0.05, 0) is 59.8 Å².